The molecule has 2 aromatic rings. The van der Waals surface area contributed by atoms with Gasteiger partial charge in [-0.05, 0) is 48.7 Å². The molecule has 0 aromatic heterocycles. The van der Waals surface area contributed by atoms with Gasteiger partial charge in [-0.1, -0.05) is 29.8 Å². The Bertz CT molecular complexity index is 842. The summed E-state index contributed by atoms with van der Waals surface area (Å²) < 4.78 is 16.7. The van der Waals surface area contributed by atoms with Crippen LogP contribution in [0.2, 0.25) is 5.02 Å². The lowest BCUT2D eigenvalue weighted by Gasteiger charge is -2.47. The topological polar surface area (TPSA) is 109 Å². The Morgan fingerprint density at radius 2 is 1.77 bits per heavy atom. The standard InChI is InChI=1S/C22H27ClO7/c1-3-29-16-7-4-13(5-8-16)10-14-11-15(6-9-17(14)23)22(28-2)21(27)20(26)19(25)18(12-24)30-22/h4-9,11,18-21,24-27H,3,10,12H2,1-2H3/t18-,19-,20+,21-,22+/m0/s1. The first-order chi connectivity index (χ1) is 14.4. The van der Waals surface area contributed by atoms with E-state index in [0.29, 0.717) is 23.6 Å². The summed E-state index contributed by atoms with van der Waals surface area (Å²) in [6, 6.07) is 12.6. The van der Waals surface area contributed by atoms with E-state index in [1.54, 1.807) is 18.2 Å². The molecule has 164 valence electrons. The number of ether oxygens (including phenoxy) is 3. The Hall–Kier alpha value is -1.71. The fourth-order valence-electron chi connectivity index (χ4n) is 3.68. The maximum Gasteiger partial charge on any atom is 0.224 e. The molecule has 0 spiro atoms. The van der Waals surface area contributed by atoms with Crippen molar-refractivity contribution in [3.8, 4) is 5.75 Å². The summed E-state index contributed by atoms with van der Waals surface area (Å²) in [4.78, 5) is 0. The molecule has 0 aliphatic carbocycles. The van der Waals surface area contributed by atoms with Gasteiger partial charge in [0.1, 0.15) is 30.2 Å². The third-order valence-electron chi connectivity index (χ3n) is 5.33. The number of methoxy groups -OCH3 is 1. The van der Waals surface area contributed by atoms with Gasteiger partial charge in [0.2, 0.25) is 5.79 Å². The molecule has 1 heterocycles. The van der Waals surface area contributed by atoms with E-state index >= 15 is 0 Å². The molecule has 0 unspecified atom stereocenters. The van der Waals surface area contributed by atoms with Crippen LogP contribution in [0.4, 0.5) is 0 Å². The fourth-order valence-corrected chi connectivity index (χ4v) is 3.87. The Morgan fingerprint density at radius 1 is 1.07 bits per heavy atom. The number of hydrogen-bond donors (Lipinski definition) is 4. The van der Waals surface area contributed by atoms with E-state index in [4.69, 9.17) is 25.8 Å². The number of halogens is 1. The van der Waals surface area contributed by atoms with Crippen molar-refractivity contribution in [3.05, 3.63) is 64.2 Å². The van der Waals surface area contributed by atoms with Crippen LogP contribution in [0.1, 0.15) is 23.6 Å². The highest BCUT2D eigenvalue weighted by molar-refractivity contribution is 6.31. The maximum absolute atomic E-state index is 10.7. The molecule has 1 fully saturated rings. The zero-order valence-corrected chi connectivity index (χ0v) is 17.6. The van der Waals surface area contributed by atoms with Gasteiger partial charge in [0.15, 0.2) is 0 Å². The van der Waals surface area contributed by atoms with Gasteiger partial charge in [-0.3, -0.25) is 0 Å². The number of benzene rings is 2. The second kappa shape index (κ2) is 9.62. The van der Waals surface area contributed by atoms with Crippen LogP contribution in [-0.2, 0) is 21.7 Å². The fraction of sp³-hybridized carbons (Fsp3) is 0.455. The second-order valence-electron chi connectivity index (χ2n) is 7.20. The molecule has 1 aliphatic heterocycles. The van der Waals surface area contributed by atoms with Crippen LogP contribution in [0.3, 0.4) is 0 Å². The van der Waals surface area contributed by atoms with E-state index in [1.807, 2.05) is 31.2 Å². The number of aliphatic hydroxyl groups excluding tert-OH is 4. The first kappa shape index (κ1) is 23.0. The van der Waals surface area contributed by atoms with Gasteiger partial charge in [-0.25, -0.2) is 0 Å². The first-order valence-corrected chi connectivity index (χ1v) is 10.1. The highest BCUT2D eigenvalue weighted by atomic mass is 35.5. The van der Waals surface area contributed by atoms with Gasteiger partial charge >= 0.3 is 0 Å². The summed E-state index contributed by atoms with van der Waals surface area (Å²) in [5.74, 6) is -0.995. The summed E-state index contributed by atoms with van der Waals surface area (Å²) in [6.07, 6.45) is -5.23. The lowest BCUT2D eigenvalue weighted by molar-refractivity contribution is -0.366. The molecular weight excluding hydrogens is 412 g/mol. The number of rotatable bonds is 7. The zero-order chi connectivity index (χ0) is 21.9. The summed E-state index contributed by atoms with van der Waals surface area (Å²) in [5, 5.41) is 41.1. The molecule has 0 saturated carbocycles. The summed E-state index contributed by atoms with van der Waals surface area (Å²) in [7, 11) is 1.32. The molecule has 5 atom stereocenters. The zero-order valence-electron chi connectivity index (χ0n) is 16.9. The first-order valence-electron chi connectivity index (χ1n) is 9.75. The molecule has 0 radical (unpaired) electrons. The Morgan fingerprint density at radius 3 is 2.37 bits per heavy atom. The van der Waals surface area contributed by atoms with Crippen molar-refractivity contribution in [2.24, 2.45) is 0 Å². The van der Waals surface area contributed by atoms with Crippen LogP contribution in [0.5, 0.6) is 5.75 Å². The van der Waals surface area contributed by atoms with E-state index in [1.165, 1.54) is 7.11 Å². The average molecular weight is 439 g/mol. The Kier molecular flexibility index (Phi) is 7.36. The van der Waals surface area contributed by atoms with E-state index in [-0.39, 0.29) is 0 Å². The highest BCUT2D eigenvalue weighted by Crippen LogP contribution is 2.40. The van der Waals surface area contributed by atoms with Gasteiger partial charge in [0, 0.05) is 17.7 Å². The maximum atomic E-state index is 10.7. The Balaban J connectivity index is 1.94. The summed E-state index contributed by atoms with van der Waals surface area (Å²) in [6.45, 7) is 1.95. The molecular formula is C22H27ClO7. The molecule has 4 N–H and O–H groups in total. The van der Waals surface area contributed by atoms with Crippen molar-refractivity contribution in [2.45, 2.75) is 43.5 Å². The summed E-state index contributed by atoms with van der Waals surface area (Å²) >= 11 is 6.40. The van der Waals surface area contributed by atoms with Crippen molar-refractivity contribution in [2.75, 3.05) is 20.3 Å². The predicted molar refractivity (Wildman–Crippen MR) is 111 cm³/mol. The molecule has 0 bridgehead atoms. The monoisotopic (exact) mass is 438 g/mol. The third-order valence-corrected chi connectivity index (χ3v) is 5.70. The third kappa shape index (κ3) is 4.33. The predicted octanol–water partition coefficient (Wildman–Crippen LogP) is 1.60. The smallest absolute Gasteiger partial charge is 0.224 e. The van der Waals surface area contributed by atoms with Crippen molar-refractivity contribution in [1.82, 2.24) is 0 Å². The SMILES string of the molecule is CCOc1ccc(Cc2cc([C@@]3(OC)O[C@@H](CO)[C@H](O)[C@@H](O)[C@@H]3O)ccc2Cl)cc1. The van der Waals surface area contributed by atoms with Crippen molar-refractivity contribution >= 4 is 11.6 Å². The minimum atomic E-state index is -1.77. The van der Waals surface area contributed by atoms with Crippen LogP contribution in [-0.4, -0.2) is 65.2 Å². The van der Waals surface area contributed by atoms with Crippen molar-refractivity contribution < 1.29 is 34.6 Å². The highest BCUT2D eigenvalue weighted by Gasteiger charge is 2.55. The second-order valence-corrected chi connectivity index (χ2v) is 7.60. The quantitative estimate of drug-likeness (QED) is 0.520. The van der Waals surface area contributed by atoms with Gasteiger partial charge in [0.25, 0.3) is 0 Å². The molecule has 1 saturated heterocycles. The van der Waals surface area contributed by atoms with Crippen molar-refractivity contribution in [3.63, 3.8) is 0 Å². The average Bonchev–Trinajstić information content (AvgIpc) is 2.76. The van der Waals surface area contributed by atoms with E-state index < -0.39 is 36.8 Å². The van der Waals surface area contributed by atoms with Crippen LogP contribution in [0.25, 0.3) is 0 Å². The molecule has 8 heteroatoms. The Labute approximate surface area is 180 Å². The number of aliphatic hydroxyl groups is 4. The number of hydrogen-bond acceptors (Lipinski definition) is 7. The lowest BCUT2D eigenvalue weighted by atomic mass is 9.87. The molecule has 1 aliphatic rings. The van der Waals surface area contributed by atoms with E-state index in [0.717, 1.165) is 16.9 Å². The van der Waals surface area contributed by atoms with Gasteiger partial charge in [-0.15, -0.1) is 0 Å². The minimum Gasteiger partial charge on any atom is -0.494 e. The van der Waals surface area contributed by atoms with Crippen molar-refractivity contribution in [1.29, 1.82) is 0 Å². The molecule has 30 heavy (non-hydrogen) atoms. The normalized spacial score (nSPS) is 29.0. The molecule has 3 rings (SSSR count). The van der Waals surface area contributed by atoms with Gasteiger partial charge < -0.3 is 34.6 Å². The summed E-state index contributed by atoms with van der Waals surface area (Å²) in [5.41, 5.74) is 2.16. The minimum absolute atomic E-state index is 0.409. The van der Waals surface area contributed by atoms with E-state index in [2.05, 4.69) is 0 Å². The van der Waals surface area contributed by atoms with Crippen LogP contribution in [0, 0.1) is 0 Å². The molecule has 0 amide bonds. The molecule has 7 nitrogen and oxygen atoms in total. The largest absolute Gasteiger partial charge is 0.494 e. The lowest BCUT2D eigenvalue weighted by Crippen LogP contribution is -2.64. The molecule has 2 aromatic carbocycles. The van der Waals surface area contributed by atoms with Crippen LogP contribution >= 0.6 is 11.6 Å². The van der Waals surface area contributed by atoms with Crippen LogP contribution < -0.4 is 4.74 Å². The van der Waals surface area contributed by atoms with Gasteiger partial charge in [-0.2, -0.15) is 0 Å². The van der Waals surface area contributed by atoms with E-state index in [9.17, 15) is 20.4 Å². The van der Waals surface area contributed by atoms with Crippen LogP contribution in [0.15, 0.2) is 42.5 Å². The van der Waals surface area contributed by atoms with Gasteiger partial charge in [0.05, 0.1) is 13.2 Å².